The molecule has 39 heavy (non-hydrogen) atoms. The van der Waals surface area contributed by atoms with Crippen molar-refractivity contribution in [3.8, 4) is 11.3 Å². The van der Waals surface area contributed by atoms with E-state index in [1.165, 1.54) is 12.1 Å². The molecule has 0 saturated carbocycles. The average molecular weight is 537 g/mol. The lowest BCUT2D eigenvalue weighted by Crippen LogP contribution is -2.42. The van der Waals surface area contributed by atoms with Gasteiger partial charge in [0.1, 0.15) is 11.6 Å². The van der Waals surface area contributed by atoms with Crippen LogP contribution in [0.2, 0.25) is 0 Å². The van der Waals surface area contributed by atoms with E-state index in [4.69, 9.17) is 26.1 Å². The molecule has 1 aliphatic rings. The van der Waals surface area contributed by atoms with Crippen LogP contribution in [0.25, 0.3) is 11.3 Å². The number of para-hydroxylation sites is 1. The van der Waals surface area contributed by atoms with E-state index in [0.29, 0.717) is 54.7 Å². The summed E-state index contributed by atoms with van der Waals surface area (Å²) in [5.41, 5.74) is 4.91. The average Bonchev–Trinajstić information content (AvgIpc) is 2.96. The number of carbonyl (C=O) groups is 1. The molecule has 0 bridgehead atoms. The Hall–Kier alpha value is -4.26. The first-order chi connectivity index (χ1) is 19.0. The van der Waals surface area contributed by atoms with E-state index >= 15 is 0 Å². The molecule has 1 fully saturated rings. The van der Waals surface area contributed by atoms with Crippen LogP contribution in [-0.4, -0.2) is 56.4 Å². The van der Waals surface area contributed by atoms with Crippen molar-refractivity contribution in [1.82, 2.24) is 10.4 Å². The standard InChI is InChI=1S/C27H33FN8O3/c1-38-15-12-36(19-10-13-39-14-11-19)25-17-18(31-27(37)33-23-9-5-4-8-22(23)28)16-24(32-25)20-6-2-3-7-21(20)26(34-29)35-30/h2-9,16-17,19H,10-15,29-30H2,1H3,(H,34,35)(H2,31,32,33,37). The van der Waals surface area contributed by atoms with Crippen molar-refractivity contribution in [2.24, 2.45) is 16.8 Å². The molecular formula is C27H33FN8O3. The quantitative estimate of drug-likeness (QED) is 0.121. The number of amides is 2. The predicted molar refractivity (Wildman–Crippen MR) is 150 cm³/mol. The highest BCUT2D eigenvalue weighted by Gasteiger charge is 2.24. The van der Waals surface area contributed by atoms with Crippen LogP contribution < -0.4 is 32.6 Å². The van der Waals surface area contributed by atoms with Crippen LogP contribution in [0.3, 0.4) is 0 Å². The van der Waals surface area contributed by atoms with Crippen molar-refractivity contribution < 1.29 is 18.7 Å². The van der Waals surface area contributed by atoms with E-state index in [2.05, 4.69) is 26.1 Å². The van der Waals surface area contributed by atoms with Crippen LogP contribution in [0.5, 0.6) is 0 Å². The van der Waals surface area contributed by atoms with Crippen LogP contribution in [0.1, 0.15) is 18.4 Å². The Bertz CT molecular complexity index is 1300. The third-order valence-corrected chi connectivity index (χ3v) is 6.38. The molecule has 4 rings (SSSR count). The third-order valence-electron chi connectivity index (χ3n) is 6.38. The summed E-state index contributed by atoms with van der Waals surface area (Å²) in [6.45, 7) is 2.36. The van der Waals surface area contributed by atoms with Crippen LogP contribution in [0.15, 0.2) is 65.8 Å². The van der Waals surface area contributed by atoms with E-state index in [1.54, 1.807) is 31.4 Å². The molecule has 0 atom stereocenters. The summed E-state index contributed by atoms with van der Waals surface area (Å²) in [5.74, 6) is 11.6. The molecule has 0 spiro atoms. The largest absolute Gasteiger partial charge is 0.383 e. The summed E-state index contributed by atoms with van der Waals surface area (Å²) in [7, 11) is 1.65. The zero-order chi connectivity index (χ0) is 27.6. The number of ether oxygens (including phenoxy) is 2. The van der Waals surface area contributed by atoms with Crippen molar-refractivity contribution in [2.75, 3.05) is 49.0 Å². The summed E-state index contributed by atoms with van der Waals surface area (Å²) in [6.07, 6.45) is 1.65. The van der Waals surface area contributed by atoms with E-state index in [-0.39, 0.29) is 17.6 Å². The number of urea groups is 1. The fourth-order valence-corrected chi connectivity index (χ4v) is 4.49. The van der Waals surface area contributed by atoms with Gasteiger partial charge in [-0.2, -0.15) is 5.10 Å². The van der Waals surface area contributed by atoms with Crippen LogP contribution >= 0.6 is 0 Å². The van der Waals surface area contributed by atoms with Crippen molar-refractivity contribution >= 4 is 29.1 Å². The van der Waals surface area contributed by atoms with Crippen LogP contribution in [-0.2, 0) is 9.47 Å². The Labute approximate surface area is 226 Å². The maximum atomic E-state index is 14.1. The lowest BCUT2D eigenvalue weighted by atomic mass is 10.0. The van der Waals surface area contributed by atoms with Gasteiger partial charge in [-0.1, -0.05) is 36.4 Å². The molecule has 11 nitrogen and oxygen atoms in total. The number of aromatic nitrogens is 1. The molecule has 1 saturated heterocycles. The van der Waals surface area contributed by atoms with Crippen molar-refractivity contribution in [2.45, 2.75) is 18.9 Å². The Balaban J connectivity index is 1.77. The monoisotopic (exact) mass is 536 g/mol. The summed E-state index contributed by atoms with van der Waals surface area (Å²) in [6, 6.07) is 16.4. The maximum absolute atomic E-state index is 14.1. The molecule has 1 aliphatic heterocycles. The lowest BCUT2D eigenvalue weighted by molar-refractivity contribution is 0.0826. The van der Waals surface area contributed by atoms with Crippen molar-refractivity contribution in [3.63, 3.8) is 0 Å². The molecule has 2 amide bonds. The maximum Gasteiger partial charge on any atom is 0.323 e. The third kappa shape index (κ3) is 6.99. The van der Waals surface area contributed by atoms with Gasteiger partial charge in [-0.05, 0) is 31.0 Å². The first-order valence-corrected chi connectivity index (χ1v) is 12.6. The molecular weight excluding hydrogens is 503 g/mol. The van der Waals surface area contributed by atoms with Gasteiger partial charge in [-0.15, -0.1) is 0 Å². The fourth-order valence-electron chi connectivity index (χ4n) is 4.49. The topological polar surface area (TPSA) is 152 Å². The highest BCUT2D eigenvalue weighted by atomic mass is 19.1. The van der Waals surface area contributed by atoms with Gasteiger partial charge in [0.05, 0.1) is 18.0 Å². The Morgan fingerprint density at radius 2 is 1.90 bits per heavy atom. The van der Waals surface area contributed by atoms with E-state index in [1.807, 2.05) is 24.3 Å². The van der Waals surface area contributed by atoms with E-state index < -0.39 is 11.8 Å². The SMILES string of the molecule is COCCN(c1cc(NC(=O)Nc2ccccc2F)cc(-c2ccccc2/C(=N/N)NN)n1)C1CCOCC1. The number of nitrogens with one attached hydrogen (secondary N) is 3. The van der Waals surface area contributed by atoms with E-state index in [9.17, 15) is 9.18 Å². The summed E-state index contributed by atoms with van der Waals surface area (Å²) < 4.78 is 25.1. The number of pyridine rings is 1. The number of rotatable bonds is 9. The first-order valence-electron chi connectivity index (χ1n) is 12.6. The van der Waals surface area contributed by atoms with Gasteiger partial charge in [0.25, 0.3) is 0 Å². The summed E-state index contributed by atoms with van der Waals surface area (Å²) >= 11 is 0. The number of amidine groups is 1. The first kappa shape index (κ1) is 27.8. The Kier molecular flexibility index (Phi) is 9.62. The molecule has 12 heteroatoms. The molecule has 2 heterocycles. The summed E-state index contributed by atoms with van der Waals surface area (Å²) in [4.78, 5) is 20.0. The number of nitrogens with zero attached hydrogens (tertiary/aromatic N) is 3. The second kappa shape index (κ2) is 13.5. The van der Waals surface area contributed by atoms with Gasteiger partial charge in [0.2, 0.25) is 0 Å². The van der Waals surface area contributed by atoms with Crippen LogP contribution in [0.4, 0.5) is 26.4 Å². The Morgan fingerprint density at radius 3 is 2.62 bits per heavy atom. The number of nitrogens with two attached hydrogens (primary N) is 2. The number of carbonyl (C=O) groups excluding carboxylic acids is 1. The van der Waals surface area contributed by atoms with Gasteiger partial charge in [0, 0.05) is 55.8 Å². The number of methoxy groups -OCH3 is 1. The molecule has 0 radical (unpaired) electrons. The Morgan fingerprint density at radius 1 is 1.15 bits per heavy atom. The number of hydrogen-bond acceptors (Lipinski definition) is 8. The molecule has 1 aromatic heterocycles. The minimum absolute atomic E-state index is 0.0663. The minimum Gasteiger partial charge on any atom is -0.383 e. The normalized spacial score (nSPS) is 14.1. The number of hydrogen-bond donors (Lipinski definition) is 5. The number of hydrazone groups is 1. The predicted octanol–water partition coefficient (Wildman–Crippen LogP) is 3.25. The highest BCUT2D eigenvalue weighted by Crippen LogP contribution is 2.31. The van der Waals surface area contributed by atoms with Crippen molar-refractivity contribution in [3.05, 3.63) is 72.0 Å². The second-order valence-corrected chi connectivity index (χ2v) is 8.86. The lowest BCUT2D eigenvalue weighted by Gasteiger charge is -2.35. The number of hydrazine groups is 1. The molecule has 7 N–H and O–H groups in total. The van der Waals surface area contributed by atoms with Gasteiger partial charge in [0.15, 0.2) is 5.84 Å². The summed E-state index contributed by atoms with van der Waals surface area (Å²) in [5, 5.41) is 9.14. The van der Waals surface area contributed by atoms with Crippen LogP contribution in [0, 0.1) is 5.82 Å². The number of anilines is 3. The fraction of sp³-hybridized carbons (Fsp3) is 0.296. The van der Waals surface area contributed by atoms with Gasteiger partial charge in [-0.3, -0.25) is 0 Å². The highest BCUT2D eigenvalue weighted by molar-refractivity contribution is 6.04. The number of benzene rings is 2. The molecule has 206 valence electrons. The van der Waals surface area contributed by atoms with Gasteiger partial charge >= 0.3 is 6.03 Å². The molecule has 2 aromatic carbocycles. The zero-order valence-corrected chi connectivity index (χ0v) is 21.7. The second-order valence-electron chi connectivity index (χ2n) is 8.86. The van der Waals surface area contributed by atoms with Gasteiger partial charge in [-0.25, -0.2) is 20.0 Å². The number of halogens is 1. The van der Waals surface area contributed by atoms with Crippen molar-refractivity contribution in [1.29, 1.82) is 0 Å². The van der Waals surface area contributed by atoms with E-state index in [0.717, 1.165) is 12.8 Å². The minimum atomic E-state index is -0.598. The van der Waals surface area contributed by atoms with Gasteiger partial charge < -0.3 is 36.3 Å². The zero-order valence-electron chi connectivity index (χ0n) is 21.7. The smallest absolute Gasteiger partial charge is 0.323 e. The molecule has 0 unspecified atom stereocenters. The molecule has 0 aliphatic carbocycles. The molecule has 3 aromatic rings.